The molecule has 0 heterocycles. The molecule has 1 aromatic rings. The van der Waals surface area contributed by atoms with Crippen molar-refractivity contribution < 1.29 is 23.1 Å². The lowest BCUT2D eigenvalue weighted by Crippen LogP contribution is -2.25. The van der Waals surface area contributed by atoms with E-state index in [1.54, 1.807) is 0 Å². The fourth-order valence-electron chi connectivity index (χ4n) is 1.74. The summed E-state index contributed by atoms with van der Waals surface area (Å²) < 4.78 is 36.8. The van der Waals surface area contributed by atoms with E-state index in [2.05, 4.69) is 0 Å². The number of hydrogen-bond donors (Lipinski definition) is 1. The highest BCUT2D eigenvalue weighted by molar-refractivity contribution is 6.30. The fraction of sp³-hybridized carbons (Fsp3) is 0.182. The van der Waals surface area contributed by atoms with Crippen molar-refractivity contribution in [1.82, 2.24) is 0 Å². The van der Waals surface area contributed by atoms with Crippen LogP contribution in [0, 0.1) is 0 Å². The highest BCUT2D eigenvalue weighted by Gasteiger charge is 2.43. The molecule has 1 N–H and O–H groups in total. The number of carbonyl (C=O) groups is 1. The van der Waals surface area contributed by atoms with Crippen LogP contribution in [0.3, 0.4) is 0 Å². The molecule has 2 nitrogen and oxygen atoms in total. The van der Waals surface area contributed by atoms with Crippen LogP contribution in [0.4, 0.5) is 13.2 Å². The molecule has 0 unspecified atom stereocenters. The van der Waals surface area contributed by atoms with E-state index in [1.165, 1.54) is 18.2 Å². The third kappa shape index (κ3) is 2.02. The topological polar surface area (TPSA) is 37.3 Å². The highest BCUT2D eigenvalue weighted by atomic mass is 35.5. The molecule has 0 saturated heterocycles. The van der Waals surface area contributed by atoms with Crippen molar-refractivity contribution in [2.45, 2.75) is 12.6 Å². The van der Waals surface area contributed by atoms with Crippen molar-refractivity contribution in [3.63, 3.8) is 0 Å². The van der Waals surface area contributed by atoms with E-state index < -0.39 is 23.3 Å². The van der Waals surface area contributed by atoms with Crippen molar-refractivity contribution in [3.8, 4) is 0 Å². The van der Waals surface area contributed by atoms with Gasteiger partial charge in [-0.2, -0.15) is 13.2 Å². The minimum absolute atomic E-state index is 0.224. The van der Waals surface area contributed by atoms with E-state index in [4.69, 9.17) is 11.6 Å². The van der Waals surface area contributed by atoms with E-state index in [9.17, 15) is 23.1 Å². The molecule has 0 radical (unpaired) electrons. The number of ketones is 1. The zero-order valence-corrected chi connectivity index (χ0v) is 9.06. The van der Waals surface area contributed by atoms with Gasteiger partial charge in [0.15, 0.2) is 0 Å². The average molecular weight is 263 g/mol. The summed E-state index contributed by atoms with van der Waals surface area (Å²) in [5.41, 5.74) is 0.0133. The van der Waals surface area contributed by atoms with Gasteiger partial charge in [-0.15, -0.1) is 0 Å². The molecule has 6 heteroatoms. The van der Waals surface area contributed by atoms with Gasteiger partial charge in [0.25, 0.3) is 5.78 Å². The third-order valence-electron chi connectivity index (χ3n) is 2.51. The van der Waals surface area contributed by atoms with Crippen LogP contribution in [0.15, 0.2) is 23.8 Å². The van der Waals surface area contributed by atoms with Crippen molar-refractivity contribution in [2.75, 3.05) is 0 Å². The summed E-state index contributed by atoms with van der Waals surface area (Å²) in [6, 6.07) is 4.27. The average Bonchev–Trinajstić information content (AvgIpc) is 2.53. The first-order chi connectivity index (χ1) is 7.80. The molecular formula is C11H6ClF3O2. The lowest BCUT2D eigenvalue weighted by Gasteiger charge is -2.05. The van der Waals surface area contributed by atoms with Gasteiger partial charge in [0.05, 0.1) is 5.57 Å². The molecule has 2 rings (SSSR count). The monoisotopic (exact) mass is 262 g/mol. The van der Waals surface area contributed by atoms with Crippen LogP contribution >= 0.6 is 11.6 Å². The second kappa shape index (κ2) is 3.77. The number of benzene rings is 1. The molecule has 0 fully saturated rings. The van der Waals surface area contributed by atoms with Gasteiger partial charge in [0.2, 0.25) is 0 Å². The molecule has 0 spiro atoms. The normalized spacial score (nSPS) is 15.1. The van der Waals surface area contributed by atoms with Gasteiger partial charge < -0.3 is 5.11 Å². The van der Waals surface area contributed by atoms with E-state index in [1.807, 2.05) is 0 Å². The van der Waals surface area contributed by atoms with Gasteiger partial charge in [-0.3, -0.25) is 4.79 Å². The number of carbonyl (C=O) groups excluding carboxylic acids is 1. The van der Waals surface area contributed by atoms with Crippen LogP contribution in [0.5, 0.6) is 0 Å². The van der Waals surface area contributed by atoms with Gasteiger partial charge in [-0.25, -0.2) is 0 Å². The van der Waals surface area contributed by atoms with E-state index >= 15 is 0 Å². The minimum Gasteiger partial charge on any atom is -0.507 e. The Morgan fingerprint density at radius 1 is 1.35 bits per heavy atom. The van der Waals surface area contributed by atoms with Gasteiger partial charge in [0, 0.05) is 17.0 Å². The Morgan fingerprint density at radius 3 is 2.59 bits per heavy atom. The summed E-state index contributed by atoms with van der Waals surface area (Å²) in [5, 5.41) is 9.93. The predicted octanol–water partition coefficient (Wildman–Crippen LogP) is 3.30. The number of rotatable bonds is 1. The largest absolute Gasteiger partial charge is 0.507 e. The molecule has 1 aromatic carbocycles. The SMILES string of the molecule is O=C(C1=C(O)c2ccc(Cl)cc2C1)C(F)(F)F. The summed E-state index contributed by atoms with van der Waals surface area (Å²) in [4.78, 5) is 11.1. The zero-order chi connectivity index (χ0) is 12.8. The minimum atomic E-state index is -4.98. The van der Waals surface area contributed by atoms with Crippen molar-refractivity contribution in [1.29, 1.82) is 0 Å². The Kier molecular flexibility index (Phi) is 2.66. The maximum absolute atomic E-state index is 12.3. The van der Waals surface area contributed by atoms with Crippen molar-refractivity contribution in [2.24, 2.45) is 0 Å². The molecule has 0 atom stereocenters. The second-order valence-electron chi connectivity index (χ2n) is 3.63. The zero-order valence-electron chi connectivity index (χ0n) is 8.31. The molecular weight excluding hydrogens is 257 g/mol. The number of aliphatic hydroxyl groups is 1. The predicted molar refractivity (Wildman–Crippen MR) is 55.8 cm³/mol. The number of Topliss-reactive ketones (excluding diaryl/α,β-unsaturated/α-hetero) is 1. The van der Waals surface area contributed by atoms with Gasteiger partial charge in [-0.05, 0) is 23.8 Å². The Balaban J connectivity index is 2.43. The number of fused-ring (bicyclic) bond motifs is 1. The molecule has 17 heavy (non-hydrogen) atoms. The second-order valence-corrected chi connectivity index (χ2v) is 4.07. The smallest absolute Gasteiger partial charge is 0.454 e. The molecule has 1 aliphatic rings. The maximum atomic E-state index is 12.3. The van der Waals surface area contributed by atoms with Crippen LogP contribution in [-0.2, 0) is 11.2 Å². The van der Waals surface area contributed by atoms with Crippen molar-refractivity contribution in [3.05, 3.63) is 39.9 Å². The maximum Gasteiger partial charge on any atom is 0.454 e. The lowest BCUT2D eigenvalue weighted by molar-refractivity contribution is -0.166. The number of aliphatic hydroxyl groups excluding tert-OH is 1. The first kappa shape index (κ1) is 12.0. The number of allylic oxidation sites excluding steroid dienone is 1. The Labute approximate surface area is 99.3 Å². The lowest BCUT2D eigenvalue weighted by atomic mass is 10.1. The van der Waals surface area contributed by atoms with Crippen LogP contribution in [-0.4, -0.2) is 17.1 Å². The molecule has 90 valence electrons. The summed E-state index contributed by atoms with van der Waals surface area (Å²) in [7, 11) is 0. The van der Waals surface area contributed by atoms with Gasteiger partial charge >= 0.3 is 6.18 Å². The summed E-state index contributed by atoms with van der Waals surface area (Å²) in [6.45, 7) is 0. The van der Waals surface area contributed by atoms with E-state index in [0.29, 0.717) is 10.6 Å². The first-order valence-corrected chi connectivity index (χ1v) is 5.01. The third-order valence-corrected chi connectivity index (χ3v) is 2.74. The fourth-order valence-corrected chi connectivity index (χ4v) is 1.93. The highest BCUT2D eigenvalue weighted by Crippen LogP contribution is 2.36. The summed E-state index contributed by atoms with van der Waals surface area (Å²) >= 11 is 5.68. The Hall–Kier alpha value is -1.49. The van der Waals surface area contributed by atoms with Crippen LogP contribution in [0.2, 0.25) is 5.02 Å². The Morgan fingerprint density at radius 2 is 2.00 bits per heavy atom. The van der Waals surface area contributed by atoms with E-state index in [-0.39, 0.29) is 12.0 Å². The van der Waals surface area contributed by atoms with Crippen molar-refractivity contribution >= 4 is 23.1 Å². The molecule has 0 aromatic heterocycles. The van der Waals surface area contributed by atoms with Gasteiger partial charge in [0.1, 0.15) is 5.76 Å². The summed E-state index contributed by atoms with van der Waals surface area (Å²) in [5.74, 6) is -2.62. The van der Waals surface area contributed by atoms with Crippen LogP contribution in [0.25, 0.3) is 5.76 Å². The van der Waals surface area contributed by atoms with Crippen LogP contribution in [0.1, 0.15) is 11.1 Å². The standard InChI is InChI=1S/C11H6ClF3O2/c12-6-1-2-7-5(3-6)4-8(9(7)16)10(17)11(13,14)15/h1-3,16H,4H2. The summed E-state index contributed by atoms with van der Waals surface area (Å²) in [6.07, 6.45) is -5.23. The molecule has 0 amide bonds. The van der Waals surface area contributed by atoms with Crippen LogP contribution < -0.4 is 0 Å². The quantitative estimate of drug-likeness (QED) is 0.843. The molecule has 0 bridgehead atoms. The molecule has 0 saturated carbocycles. The number of alkyl halides is 3. The van der Waals surface area contributed by atoms with Gasteiger partial charge in [-0.1, -0.05) is 11.6 Å². The first-order valence-electron chi connectivity index (χ1n) is 4.63. The number of hydrogen-bond acceptors (Lipinski definition) is 2. The van der Waals surface area contributed by atoms with E-state index in [0.717, 1.165) is 0 Å². The molecule has 0 aliphatic heterocycles. The molecule has 1 aliphatic carbocycles. The number of halogens is 4. The Bertz CT molecular complexity index is 532.